The molecule has 4 rings (SSSR count). The Balaban J connectivity index is 1.28. The molecule has 20 heavy (non-hydrogen) atoms. The molecule has 0 aromatic heterocycles. The smallest absolute Gasteiger partial charge is 0.0233 e. The Morgan fingerprint density at radius 2 is 1.45 bits per heavy atom. The summed E-state index contributed by atoms with van der Waals surface area (Å²) in [5.74, 6) is 2.00. The van der Waals surface area contributed by atoms with Gasteiger partial charge in [0.25, 0.3) is 0 Å². The number of rotatable bonds is 2. The fraction of sp³-hybridized carbons (Fsp3) is 1.00. The third-order valence-electron chi connectivity index (χ3n) is 6.32. The van der Waals surface area contributed by atoms with Crippen molar-refractivity contribution in [2.75, 3.05) is 59.4 Å². The summed E-state index contributed by atoms with van der Waals surface area (Å²) in [5.41, 5.74) is 0. The van der Waals surface area contributed by atoms with Gasteiger partial charge in [-0.05, 0) is 44.7 Å². The summed E-state index contributed by atoms with van der Waals surface area (Å²) < 4.78 is 0. The predicted octanol–water partition coefficient (Wildman–Crippen LogP) is 0.306. The van der Waals surface area contributed by atoms with Gasteiger partial charge in [0, 0.05) is 57.9 Å². The maximum Gasteiger partial charge on any atom is 0.0233 e. The van der Waals surface area contributed by atoms with Crippen molar-refractivity contribution < 1.29 is 0 Å². The molecule has 3 saturated heterocycles. The maximum atomic E-state index is 3.51. The molecule has 4 nitrogen and oxygen atoms in total. The lowest BCUT2D eigenvalue weighted by atomic mass is 10.0. The summed E-state index contributed by atoms with van der Waals surface area (Å²) in [6.45, 7) is 10.4. The van der Waals surface area contributed by atoms with Crippen molar-refractivity contribution in [3.8, 4) is 0 Å². The van der Waals surface area contributed by atoms with Crippen LogP contribution in [0.3, 0.4) is 0 Å². The van der Waals surface area contributed by atoms with E-state index in [1.54, 1.807) is 0 Å². The molecule has 1 aliphatic carbocycles. The Kier molecular flexibility index (Phi) is 3.75. The molecule has 0 amide bonds. The van der Waals surface area contributed by atoms with Gasteiger partial charge in [0.05, 0.1) is 0 Å². The number of likely N-dealkylation sites (tertiary alicyclic amines) is 1. The molecule has 3 unspecified atom stereocenters. The van der Waals surface area contributed by atoms with Gasteiger partial charge < -0.3 is 10.2 Å². The molecule has 0 radical (unpaired) electrons. The van der Waals surface area contributed by atoms with Crippen LogP contribution in [-0.4, -0.2) is 86.2 Å². The van der Waals surface area contributed by atoms with Gasteiger partial charge >= 0.3 is 0 Å². The van der Waals surface area contributed by atoms with E-state index in [1.165, 1.54) is 71.6 Å². The van der Waals surface area contributed by atoms with E-state index in [1.807, 2.05) is 0 Å². The zero-order valence-corrected chi connectivity index (χ0v) is 12.9. The standard InChI is InChI=1S/C16H30N4/c1-18-11-13-8-16(9-14(13)12-18)20-6-4-19(5-7-20)15-2-3-17-10-15/h13-17H,2-12H2,1H3. The zero-order valence-electron chi connectivity index (χ0n) is 12.9. The van der Waals surface area contributed by atoms with Crippen molar-refractivity contribution in [3.63, 3.8) is 0 Å². The molecule has 3 aliphatic heterocycles. The maximum absolute atomic E-state index is 3.51. The third kappa shape index (κ3) is 2.52. The number of hydrogen-bond acceptors (Lipinski definition) is 4. The van der Waals surface area contributed by atoms with Gasteiger partial charge in [-0.25, -0.2) is 0 Å². The molecule has 4 aliphatic rings. The normalized spacial score (nSPS) is 44.2. The van der Waals surface area contributed by atoms with E-state index in [-0.39, 0.29) is 0 Å². The van der Waals surface area contributed by atoms with E-state index < -0.39 is 0 Å². The first kappa shape index (κ1) is 13.5. The van der Waals surface area contributed by atoms with E-state index in [9.17, 15) is 0 Å². The summed E-state index contributed by atoms with van der Waals surface area (Å²) in [4.78, 5) is 8.09. The monoisotopic (exact) mass is 278 g/mol. The van der Waals surface area contributed by atoms with Gasteiger partial charge in [0.15, 0.2) is 0 Å². The summed E-state index contributed by atoms with van der Waals surface area (Å²) in [5, 5.41) is 3.51. The van der Waals surface area contributed by atoms with Crippen LogP contribution in [0.25, 0.3) is 0 Å². The summed E-state index contributed by atoms with van der Waals surface area (Å²) >= 11 is 0. The Hall–Kier alpha value is -0.160. The molecular formula is C16H30N4. The predicted molar refractivity (Wildman–Crippen MR) is 81.9 cm³/mol. The Labute approximate surface area is 123 Å². The average Bonchev–Trinajstić information content (AvgIpc) is 3.13. The van der Waals surface area contributed by atoms with Crippen LogP contribution in [0, 0.1) is 11.8 Å². The number of piperazine rings is 1. The van der Waals surface area contributed by atoms with Crippen LogP contribution in [-0.2, 0) is 0 Å². The van der Waals surface area contributed by atoms with Crippen molar-refractivity contribution in [2.24, 2.45) is 11.8 Å². The van der Waals surface area contributed by atoms with Crippen LogP contribution < -0.4 is 5.32 Å². The van der Waals surface area contributed by atoms with Gasteiger partial charge in [-0.15, -0.1) is 0 Å². The van der Waals surface area contributed by atoms with E-state index >= 15 is 0 Å². The fourth-order valence-corrected chi connectivity index (χ4v) is 5.22. The Morgan fingerprint density at radius 3 is 2.00 bits per heavy atom. The van der Waals surface area contributed by atoms with E-state index in [2.05, 4.69) is 27.1 Å². The summed E-state index contributed by atoms with van der Waals surface area (Å²) in [6, 6.07) is 1.73. The number of hydrogen-bond donors (Lipinski definition) is 1. The van der Waals surface area contributed by atoms with Crippen molar-refractivity contribution in [3.05, 3.63) is 0 Å². The van der Waals surface area contributed by atoms with Gasteiger partial charge in [-0.3, -0.25) is 9.80 Å². The van der Waals surface area contributed by atoms with Crippen molar-refractivity contribution in [1.82, 2.24) is 20.0 Å². The lowest BCUT2D eigenvalue weighted by Crippen LogP contribution is -2.53. The SMILES string of the molecule is CN1CC2CC(N3CCN(C4CCNC4)CC3)CC2C1. The topological polar surface area (TPSA) is 21.8 Å². The molecule has 0 spiro atoms. The van der Waals surface area contributed by atoms with Crippen LogP contribution in [0.15, 0.2) is 0 Å². The van der Waals surface area contributed by atoms with Gasteiger partial charge in [0.1, 0.15) is 0 Å². The summed E-state index contributed by atoms with van der Waals surface area (Å²) in [6.07, 6.45) is 4.31. The van der Waals surface area contributed by atoms with Gasteiger partial charge in [-0.2, -0.15) is 0 Å². The lowest BCUT2D eigenvalue weighted by molar-refractivity contribution is 0.0718. The van der Waals surface area contributed by atoms with E-state index in [0.29, 0.717) is 0 Å². The van der Waals surface area contributed by atoms with Crippen LogP contribution in [0.4, 0.5) is 0 Å². The molecular weight excluding hydrogens is 248 g/mol. The second-order valence-corrected chi connectivity index (χ2v) is 7.59. The average molecular weight is 278 g/mol. The molecule has 1 saturated carbocycles. The summed E-state index contributed by atoms with van der Waals surface area (Å²) in [7, 11) is 2.29. The third-order valence-corrected chi connectivity index (χ3v) is 6.32. The molecule has 114 valence electrons. The van der Waals surface area contributed by atoms with Crippen LogP contribution in [0.2, 0.25) is 0 Å². The van der Waals surface area contributed by atoms with Crippen molar-refractivity contribution in [1.29, 1.82) is 0 Å². The molecule has 3 atom stereocenters. The largest absolute Gasteiger partial charge is 0.315 e. The van der Waals surface area contributed by atoms with Crippen molar-refractivity contribution in [2.45, 2.75) is 31.3 Å². The second-order valence-electron chi connectivity index (χ2n) is 7.59. The second kappa shape index (κ2) is 5.56. The molecule has 3 heterocycles. The fourth-order valence-electron chi connectivity index (χ4n) is 5.22. The first-order valence-electron chi connectivity index (χ1n) is 8.67. The first-order valence-corrected chi connectivity index (χ1v) is 8.67. The number of fused-ring (bicyclic) bond motifs is 1. The quantitative estimate of drug-likeness (QED) is 0.784. The highest BCUT2D eigenvalue weighted by molar-refractivity contribution is 4.96. The highest BCUT2D eigenvalue weighted by Gasteiger charge is 2.42. The Morgan fingerprint density at radius 1 is 0.850 bits per heavy atom. The molecule has 0 bridgehead atoms. The van der Waals surface area contributed by atoms with Gasteiger partial charge in [0.2, 0.25) is 0 Å². The molecule has 4 fully saturated rings. The van der Waals surface area contributed by atoms with Crippen molar-refractivity contribution >= 4 is 0 Å². The zero-order chi connectivity index (χ0) is 13.5. The van der Waals surface area contributed by atoms with Crippen LogP contribution in [0.1, 0.15) is 19.3 Å². The highest BCUT2D eigenvalue weighted by atomic mass is 15.3. The molecule has 1 N–H and O–H groups in total. The Bertz CT molecular complexity index is 319. The van der Waals surface area contributed by atoms with Gasteiger partial charge in [-0.1, -0.05) is 0 Å². The number of nitrogens with zero attached hydrogens (tertiary/aromatic N) is 3. The minimum absolute atomic E-state index is 0.828. The van der Waals surface area contributed by atoms with Crippen LogP contribution in [0.5, 0.6) is 0 Å². The molecule has 0 aromatic rings. The van der Waals surface area contributed by atoms with E-state index in [0.717, 1.165) is 23.9 Å². The molecule has 4 heteroatoms. The lowest BCUT2D eigenvalue weighted by Gasteiger charge is -2.40. The first-order chi connectivity index (χ1) is 9.79. The number of nitrogens with one attached hydrogen (secondary N) is 1. The minimum Gasteiger partial charge on any atom is -0.315 e. The molecule has 0 aromatic carbocycles. The van der Waals surface area contributed by atoms with Crippen LogP contribution >= 0.6 is 0 Å². The highest BCUT2D eigenvalue weighted by Crippen LogP contribution is 2.39. The van der Waals surface area contributed by atoms with E-state index in [4.69, 9.17) is 0 Å². The minimum atomic E-state index is 0.828.